The average Bonchev–Trinajstić information content (AvgIpc) is 3.13. The highest BCUT2D eigenvalue weighted by Crippen LogP contribution is 2.45. The van der Waals surface area contributed by atoms with Crippen LogP contribution < -0.4 is 14.3 Å². The Labute approximate surface area is 202 Å². The number of phenols is 1. The molecule has 2 heterocycles. The average molecular weight is 484 g/mol. The molecule has 0 fully saturated rings. The maximum absolute atomic E-state index is 13.1. The summed E-state index contributed by atoms with van der Waals surface area (Å²) in [4.78, 5) is 27.1. The minimum Gasteiger partial charge on any atom is -0.507 e. The van der Waals surface area contributed by atoms with Gasteiger partial charge in [-0.2, -0.15) is 0 Å². The van der Waals surface area contributed by atoms with E-state index < -0.39 is 5.60 Å². The highest BCUT2D eigenvalue weighted by Gasteiger charge is 2.41. The fraction of sp³-hybridized carbons (Fsp3) is 0.385. The van der Waals surface area contributed by atoms with E-state index in [4.69, 9.17) is 9.47 Å². The van der Waals surface area contributed by atoms with Crippen molar-refractivity contribution < 1.29 is 24.5 Å². The Balaban J connectivity index is 1.43. The normalized spacial score (nSPS) is 17.4. The molecule has 0 saturated heterocycles. The van der Waals surface area contributed by atoms with Crippen molar-refractivity contribution in [1.29, 1.82) is 0 Å². The van der Waals surface area contributed by atoms with Crippen molar-refractivity contribution in [3.8, 4) is 23.1 Å². The predicted octanol–water partition coefficient (Wildman–Crippen LogP) is 4.95. The first-order chi connectivity index (χ1) is 16.1. The van der Waals surface area contributed by atoms with Gasteiger partial charge in [0.05, 0.1) is 23.5 Å². The lowest BCUT2D eigenvalue weighted by Gasteiger charge is -2.39. The highest BCUT2D eigenvalue weighted by molar-refractivity contribution is 7.09. The number of hydrogen-bond donors (Lipinski definition) is 3. The third-order valence-electron chi connectivity index (χ3n) is 6.75. The van der Waals surface area contributed by atoms with E-state index in [1.165, 1.54) is 0 Å². The number of carbonyl (C=O) groups excluding carboxylic acids is 1. The Morgan fingerprint density at radius 3 is 2.41 bits per heavy atom. The zero-order valence-electron chi connectivity index (χ0n) is 19.8. The van der Waals surface area contributed by atoms with Crippen LogP contribution in [0.4, 0.5) is 0 Å². The zero-order valence-corrected chi connectivity index (χ0v) is 20.6. The van der Waals surface area contributed by atoms with E-state index in [0.717, 1.165) is 28.0 Å². The molecule has 1 aliphatic heterocycles. The van der Waals surface area contributed by atoms with Gasteiger partial charge in [-0.3, -0.25) is 14.6 Å². The van der Waals surface area contributed by atoms with Crippen LogP contribution in [0.3, 0.4) is 0 Å². The Morgan fingerprint density at radius 1 is 1.09 bits per heavy atom. The molecule has 7 nitrogen and oxygen atoms in total. The van der Waals surface area contributed by atoms with E-state index in [1.54, 1.807) is 6.92 Å². The molecule has 3 N–H and O–H groups in total. The number of aromatic nitrogens is 1. The summed E-state index contributed by atoms with van der Waals surface area (Å²) in [7, 11) is 0. The summed E-state index contributed by atoms with van der Waals surface area (Å²) in [5.41, 5.74) is 2.87. The van der Waals surface area contributed by atoms with Gasteiger partial charge in [-0.15, -0.1) is 0 Å². The van der Waals surface area contributed by atoms with Gasteiger partial charge in [-0.05, 0) is 56.0 Å². The van der Waals surface area contributed by atoms with E-state index in [9.17, 15) is 19.8 Å². The van der Waals surface area contributed by atoms with Gasteiger partial charge in [0.2, 0.25) is 5.88 Å². The van der Waals surface area contributed by atoms with Crippen molar-refractivity contribution in [2.24, 2.45) is 0 Å². The molecule has 180 valence electrons. The summed E-state index contributed by atoms with van der Waals surface area (Å²) < 4.78 is 12.4. The molecule has 0 spiro atoms. The van der Waals surface area contributed by atoms with Crippen LogP contribution in [0.2, 0.25) is 0 Å². The van der Waals surface area contributed by atoms with Crippen LogP contribution in [0.25, 0.3) is 0 Å². The lowest BCUT2D eigenvalue weighted by molar-refractivity contribution is 0.0214. The molecule has 1 unspecified atom stereocenters. The van der Waals surface area contributed by atoms with Crippen LogP contribution in [0.15, 0.2) is 29.1 Å². The van der Waals surface area contributed by atoms with Gasteiger partial charge in [0.1, 0.15) is 22.8 Å². The first-order valence-electron chi connectivity index (χ1n) is 11.3. The third kappa shape index (κ3) is 4.42. The molecule has 0 amide bonds. The molecule has 0 radical (unpaired) electrons. The molecule has 1 aromatic heterocycles. The number of rotatable bonds is 7. The standard InChI is InChI=1S/C26H29NO6S/c1-5-26(13-19(28)21-16(4)22(29)14(2)15(3)23(21)33-26)10-11-32-18-8-6-17(7-9-18)12-20-24(30)27-25(31)34-20/h6-9,29-30H,5,10-13H2,1-4H3,(H,27,31). The van der Waals surface area contributed by atoms with Crippen LogP contribution in [0.1, 0.15) is 63.7 Å². The Kier molecular flexibility index (Phi) is 6.45. The first-order valence-corrected chi connectivity index (χ1v) is 12.1. The molecular weight excluding hydrogens is 454 g/mol. The highest BCUT2D eigenvalue weighted by atomic mass is 32.1. The minimum atomic E-state index is -0.659. The van der Waals surface area contributed by atoms with Crippen LogP contribution in [0, 0.1) is 20.8 Å². The van der Waals surface area contributed by atoms with Crippen molar-refractivity contribution in [2.75, 3.05) is 6.61 Å². The topological polar surface area (TPSA) is 109 Å². The number of aromatic amines is 1. The summed E-state index contributed by atoms with van der Waals surface area (Å²) in [5.74, 6) is 1.32. The van der Waals surface area contributed by atoms with Crippen molar-refractivity contribution in [3.63, 3.8) is 0 Å². The van der Waals surface area contributed by atoms with Crippen LogP contribution >= 0.6 is 11.3 Å². The quantitative estimate of drug-likeness (QED) is 0.439. The second-order valence-electron chi connectivity index (χ2n) is 8.87. The monoisotopic (exact) mass is 483 g/mol. The van der Waals surface area contributed by atoms with Gasteiger partial charge < -0.3 is 19.7 Å². The number of hydrogen-bond acceptors (Lipinski definition) is 7. The molecule has 3 aromatic rings. The fourth-order valence-electron chi connectivity index (χ4n) is 4.43. The van der Waals surface area contributed by atoms with Crippen LogP contribution in [-0.2, 0) is 6.42 Å². The van der Waals surface area contributed by atoms with Gasteiger partial charge in [0, 0.05) is 18.4 Å². The third-order valence-corrected chi connectivity index (χ3v) is 7.63. The molecule has 0 saturated carbocycles. The van der Waals surface area contributed by atoms with Crippen molar-refractivity contribution in [2.45, 2.75) is 59.0 Å². The number of fused-ring (bicyclic) bond motifs is 1. The van der Waals surface area contributed by atoms with E-state index in [0.29, 0.717) is 53.4 Å². The number of H-pyrrole nitrogens is 1. The predicted molar refractivity (Wildman–Crippen MR) is 131 cm³/mol. The minimum absolute atomic E-state index is 0.0151. The Hall–Kier alpha value is -3.26. The molecule has 2 aromatic carbocycles. The maximum Gasteiger partial charge on any atom is 0.307 e. The molecule has 0 aliphatic carbocycles. The van der Waals surface area contributed by atoms with Crippen LogP contribution in [-0.4, -0.2) is 33.2 Å². The molecule has 34 heavy (non-hydrogen) atoms. The van der Waals surface area contributed by atoms with E-state index in [1.807, 2.05) is 45.0 Å². The first kappa shape index (κ1) is 23.9. The van der Waals surface area contributed by atoms with Gasteiger partial charge >= 0.3 is 4.87 Å². The summed E-state index contributed by atoms with van der Waals surface area (Å²) in [6, 6.07) is 7.49. The van der Waals surface area contributed by atoms with Crippen LogP contribution in [0.5, 0.6) is 23.1 Å². The number of aromatic hydroxyl groups is 2. The van der Waals surface area contributed by atoms with Gasteiger partial charge in [0.25, 0.3) is 0 Å². The molecule has 4 rings (SSSR count). The lowest BCUT2D eigenvalue weighted by atomic mass is 9.82. The number of nitrogens with one attached hydrogen (secondary N) is 1. The van der Waals surface area contributed by atoms with E-state index in [2.05, 4.69) is 4.98 Å². The smallest absolute Gasteiger partial charge is 0.307 e. The lowest BCUT2D eigenvalue weighted by Crippen LogP contribution is -2.43. The van der Waals surface area contributed by atoms with Gasteiger partial charge in [0.15, 0.2) is 5.78 Å². The second kappa shape index (κ2) is 9.18. The summed E-state index contributed by atoms with van der Waals surface area (Å²) in [6.45, 7) is 7.85. The van der Waals surface area contributed by atoms with E-state index in [-0.39, 0.29) is 28.7 Å². The summed E-state index contributed by atoms with van der Waals surface area (Å²) in [6.07, 6.45) is 1.89. The van der Waals surface area contributed by atoms with Crippen molar-refractivity contribution in [3.05, 3.63) is 66.6 Å². The van der Waals surface area contributed by atoms with Gasteiger partial charge in [-0.25, -0.2) is 0 Å². The number of ether oxygens (including phenoxy) is 2. The fourth-order valence-corrected chi connectivity index (χ4v) is 5.19. The molecule has 1 atom stereocenters. The van der Waals surface area contributed by atoms with Crippen molar-refractivity contribution in [1.82, 2.24) is 4.98 Å². The Morgan fingerprint density at radius 2 is 1.79 bits per heavy atom. The number of thiazole rings is 1. The maximum atomic E-state index is 13.1. The van der Waals surface area contributed by atoms with Gasteiger partial charge in [-0.1, -0.05) is 30.4 Å². The molecule has 1 aliphatic rings. The largest absolute Gasteiger partial charge is 0.507 e. The molecular formula is C26H29NO6S. The number of benzene rings is 2. The number of ketones is 1. The number of phenolic OH excluding ortho intramolecular Hbond substituents is 1. The number of Topliss-reactive ketones (excluding diaryl/α,β-unsaturated/α-hetero) is 1. The van der Waals surface area contributed by atoms with Crippen molar-refractivity contribution >= 4 is 17.1 Å². The SMILES string of the molecule is CCC1(CCOc2ccc(Cc3sc(=O)[nH]c3O)cc2)CC(=O)c2c(C)c(O)c(C)c(C)c2O1. The molecule has 8 heteroatoms. The Bertz CT molecular complexity index is 1290. The second-order valence-corrected chi connectivity index (χ2v) is 9.94. The molecule has 0 bridgehead atoms. The number of carbonyl (C=O) groups is 1. The summed E-state index contributed by atoms with van der Waals surface area (Å²) in [5, 5.41) is 20.1. The zero-order chi connectivity index (χ0) is 24.6. The summed E-state index contributed by atoms with van der Waals surface area (Å²) >= 11 is 0.996. The van der Waals surface area contributed by atoms with E-state index >= 15 is 0 Å².